The van der Waals surface area contributed by atoms with Gasteiger partial charge in [0.1, 0.15) is 5.82 Å². The van der Waals surface area contributed by atoms with E-state index in [2.05, 4.69) is 0 Å². The van der Waals surface area contributed by atoms with Crippen LogP contribution in [-0.4, -0.2) is 0 Å². The van der Waals surface area contributed by atoms with Crippen LogP contribution in [0.1, 0.15) is 5.56 Å². The Balaban J connectivity index is 2.69. The summed E-state index contributed by atoms with van der Waals surface area (Å²) < 4.78 is 52.0. The van der Waals surface area contributed by atoms with Crippen molar-refractivity contribution in [3.8, 4) is 11.1 Å². The van der Waals surface area contributed by atoms with Crippen molar-refractivity contribution < 1.29 is 17.6 Å². The molecule has 0 saturated carbocycles. The van der Waals surface area contributed by atoms with Gasteiger partial charge in [-0.2, -0.15) is 13.2 Å². The van der Waals surface area contributed by atoms with Crippen molar-refractivity contribution in [2.45, 2.75) is 6.18 Å². The summed E-state index contributed by atoms with van der Waals surface area (Å²) in [5, 5.41) is 0.216. The molecule has 106 valence electrons. The Morgan fingerprint density at radius 2 is 1.40 bits per heavy atom. The van der Waals surface area contributed by atoms with Gasteiger partial charge in [0.2, 0.25) is 0 Å². The largest absolute Gasteiger partial charge is 0.419 e. The number of halogens is 7. The average Bonchev–Trinajstić information content (AvgIpc) is 2.33. The Kier molecular flexibility index (Phi) is 4.19. The van der Waals surface area contributed by atoms with Crippen molar-refractivity contribution in [2.24, 2.45) is 0 Å². The smallest absolute Gasteiger partial charge is 0.206 e. The summed E-state index contributed by atoms with van der Waals surface area (Å²) in [5.41, 5.74) is -1.61. The molecular formula is C13H5Cl3F4. The molecule has 0 aliphatic carbocycles. The van der Waals surface area contributed by atoms with E-state index >= 15 is 0 Å². The highest BCUT2D eigenvalue weighted by atomic mass is 35.5. The zero-order valence-electron chi connectivity index (χ0n) is 9.53. The summed E-state index contributed by atoms with van der Waals surface area (Å²) in [6.07, 6.45) is -4.79. The van der Waals surface area contributed by atoms with E-state index in [9.17, 15) is 17.6 Å². The van der Waals surface area contributed by atoms with Crippen LogP contribution in [0.4, 0.5) is 17.6 Å². The first-order valence-corrected chi connectivity index (χ1v) is 6.36. The second-order valence-corrected chi connectivity index (χ2v) is 5.13. The van der Waals surface area contributed by atoms with E-state index in [0.717, 1.165) is 6.07 Å². The summed E-state index contributed by atoms with van der Waals surface area (Å²) in [7, 11) is 0. The van der Waals surface area contributed by atoms with E-state index in [1.807, 2.05) is 0 Å². The molecule has 2 aromatic rings. The van der Waals surface area contributed by atoms with E-state index in [4.69, 9.17) is 34.8 Å². The number of rotatable bonds is 1. The summed E-state index contributed by atoms with van der Waals surface area (Å²) in [6, 6.07) is 5.42. The van der Waals surface area contributed by atoms with Gasteiger partial charge in [-0.1, -0.05) is 46.9 Å². The van der Waals surface area contributed by atoms with Gasteiger partial charge in [-0.05, 0) is 18.2 Å². The summed E-state index contributed by atoms with van der Waals surface area (Å²) in [6.45, 7) is 0. The second-order valence-electron chi connectivity index (χ2n) is 3.91. The van der Waals surface area contributed by atoms with Gasteiger partial charge in [-0.15, -0.1) is 0 Å². The highest BCUT2D eigenvalue weighted by Crippen LogP contribution is 2.40. The van der Waals surface area contributed by atoms with Crippen molar-refractivity contribution in [1.29, 1.82) is 0 Å². The SMILES string of the molecule is Fc1c(-c2cc(Cl)c(Cl)cc2Cl)cccc1C(F)(F)F. The van der Waals surface area contributed by atoms with E-state index in [1.165, 1.54) is 18.2 Å². The fraction of sp³-hybridized carbons (Fsp3) is 0.0769. The van der Waals surface area contributed by atoms with Crippen molar-refractivity contribution in [3.05, 3.63) is 56.8 Å². The van der Waals surface area contributed by atoms with Crippen molar-refractivity contribution in [1.82, 2.24) is 0 Å². The maximum absolute atomic E-state index is 14.0. The molecule has 0 atom stereocenters. The Morgan fingerprint density at radius 1 is 0.800 bits per heavy atom. The number of alkyl halides is 3. The molecule has 0 spiro atoms. The first-order valence-electron chi connectivity index (χ1n) is 5.22. The summed E-state index contributed by atoms with van der Waals surface area (Å²) >= 11 is 17.4. The third-order valence-electron chi connectivity index (χ3n) is 2.60. The Hall–Kier alpha value is -0.970. The zero-order valence-corrected chi connectivity index (χ0v) is 11.8. The quantitative estimate of drug-likeness (QED) is 0.411. The standard InChI is InChI=1S/C13H5Cl3F4/c14-9-5-11(16)10(15)4-7(9)6-2-1-3-8(12(6)17)13(18,19)20/h1-5H. The predicted octanol–water partition coefficient (Wildman–Crippen LogP) is 6.47. The van der Waals surface area contributed by atoms with Crippen LogP contribution in [-0.2, 0) is 6.18 Å². The van der Waals surface area contributed by atoms with Crippen LogP contribution in [0.2, 0.25) is 15.1 Å². The molecule has 0 aliphatic rings. The molecule has 2 rings (SSSR count). The monoisotopic (exact) mass is 342 g/mol. The van der Waals surface area contributed by atoms with E-state index in [0.29, 0.717) is 6.07 Å². The first kappa shape index (κ1) is 15.4. The van der Waals surface area contributed by atoms with Crippen LogP contribution in [0.5, 0.6) is 0 Å². The lowest BCUT2D eigenvalue weighted by atomic mass is 10.0. The van der Waals surface area contributed by atoms with Gasteiger partial charge in [0.15, 0.2) is 0 Å². The molecule has 0 radical (unpaired) electrons. The van der Waals surface area contributed by atoms with Gasteiger partial charge < -0.3 is 0 Å². The zero-order chi connectivity index (χ0) is 15.1. The molecule has 2 aromatic carbocycles. The molecule has 0 fully saturated rings. The topological polar surface area (TPSA) is 0 Å². The van der Waals surface area contributed by atoms with Crippen LogP contribution in [0.3, 0.4) is 0 Å². The van der Waals surface area contributed by atoms with Crippen LogP contribution in [0.25, 0.3) is 11.1 Å². The Labute approximate surface area is 126 Å². The molecule has 0 aliphatic heterocycles. The molecule has 0 amide bonds. The molecule has 7 heteroatoms. The van der Waals surface area contributed by atoms with Crippen LogP contribution in [0.15, 0.2) is 30.3 Å². The molecule has 0 unspecified atom stereocenters. The highest BCUT2D eigenvalue weighted by Gasteiger charge is 2.35. The molecule has 0 N–H and O–H groups in total. The summed E-state index contributed by atoms with van der Waals surface area (Å²) in [5.74, 6) is -1.40. The lowest BCUT2D eigenvalue weighted by Crippen LogP contribution is -2.08. The molecular weight excluding hydrogens is 338 g/mol. The molecule has 0 aromatic heterocycles. The maximum Gasteiger partial charge on any atom is 0.419 e. The highest BCUT2D eigenvalue weighted by molar-refractivity contribution is 6.44. The molecule has 0 saturated heterocycles. The van der Waals surface area contributed by atoms with E-state index in [1.54, 1.807) is 0 Å². The lowest BCUT2D eigenvalue weighted by Gasteiger charge is -2.13. The van der Waals surface area contributed by atoms with E-state index < -0.39 is 17.6 Å². The minimum Gasteiger partial charge on any atom is -0.206 e. The minimum atomic E-state index is -4.79. The predicted molar refractivity (Wildman–Crippen MR) is 71.9 cm³/mol. The average molecular weight is 344 g/mol. The number of hydrogen-bond acceptors (Lipinski definition) is 0. The van der Waals surface area contributed by atoms with Crippen LogP contribution in [0, 0.1) is 5.82 Å². The third kappa shape index (κ3) is 2.87. The van der Waals surface area contributed by atoms with Gasteiger partial charge in [-0.3, -0.25) is 0 Å². The third-order valence-corrected chi connectivity index (χ3v) is 3.64. The lowest BCUT2D eigenvalue weighted by molar-refractivity contribution is -0.139. The Morgan fingerprint density at radius 3 is 2.00 bits per heavy atom. The fourth-order valence-corrected chi connectivity index (χ4v) is 2.34. The van der Waals surface area contributed by atoms with E-state index in [-0.39, 0.29) is 26.2 Å². The number of benzene rings is 2. The molecule has 0 nitrogen and oxygen atoms in total. The van der Waals surface area contributed by atoms with Crippen molar-refractivity contribution >= 4 is 34.8 Å². The second kappa shape index (κ2) is 5.43. The van der Waals surface area contributed by atoms with Crippen molar-refractivity contribution in [2.75, 3.05) is 0 Å². The van der Waals surface area contributed by atoms with Crippen molar-refractivity contribution in [3.63, 3.8) is 0 Å². The molecule has 0 heterocycles. The van der Waals surface area contributed by atoms with Crippen LogP contribution >= 0.6 is 34.8 Å². The minimum absolute atomic E-state index is 0.0117. The normalized spacial score (nSPS) is 11.8. The van der Waals surface area contributed by atoms with Gasteiger partial charge in [0.05, 0.1) is 20.6 Å². The maximum atomic E-state index is 14.0. The van der Waals surface area contributed by atoms with Gasteiger partial charge in [0.25, 0.3) is 0 Å². The van der Waals surface area contributed by atoms with Gasteiger partial charge in [0, 0.05) is 11.1 Å². The fourth-order valence-electron chi connectivity index (χ4n) is 1.69. The first-order chi connectivity index (χ1) is 9.21. The summed E-state index contributed by atoms with van der Waals surface area (Å²) in [4.78, 5) is 0. The number of hydrogen-bond donors (Lipinski definition) is 0. The Bertz CT molecular complexity index is 665. The van der Waals surface area contributed by atoms with Crippen LogP contribution < -0.4 is 0 Å². The molecule has 20 heavy (non-hydrogen) atoms. The van der Waals surface area contributed by atoms with Gasteiger partial charge in [-0.25, -0.2) is 4.39 Å². The van der Waals surface area contributed by atoms with Gasteiger partial charge >= 0.3 is 6.18 Å². The molecule has 0 bridgehead atoms.